The average Bonchev–Trinajstić information content (AvgIpc) is 3.23. The summed E-state index contributed by atoms with van der Waals surface area (Å²) in [5.74, 6) is 0.342. The number of esters is 1. The van der Waals surface area contributed by atoms with Crippen LogP contribution in [0.1, 0.15) is 57.8 Å². The zero-order chi connectivity index (χ0) is 17.0. The molecule has 1 spiro atoms. The lowest BCUT2D eigenvalue weighted by Gasteiger charge is -2.56. The number of urea groups is 1. The topological polar surface area (TPSA) is 76.7 Å². The van der Waals surface area contributed by atoms with Crippen molar-refractivity contribution in [1.29, 1.82) is 0 Å². The Kier molecular flexibility index (Phi) is 5.64. The van der Waals surface area contributed by atoms with Gasteiger partial charge in [0, 0.05) is 36.9 Å². The quantitative estimate of drug-likeness (QED) is 0.552. The molecule has 3 fully saturated rings. The van der Waals surface area contributed by atoms with Crippen LogP contribution in [0.2, 0.25) is 0 Å². The highest BCUT2D eigenvalue weighted by Crippen LogP contribution is 2.60. The number of methoxy groups -OCH3 is 1. The molecule has 2 N–H and O–H groups in total. The summed E-state index contributed by atoms with van der Waals surface area (Å²) in [5, 5.41) is 6.20. The zero-order valence-corrected chi connectivity index (χ0v) is 14.6. The fourth-order valence-corrected chi connectivity index (χ4v) is 4.97. The first-order valence-electron chi connectivity index (χ1n) is 9.40. The second-order valence-corrected chi connectivity index (χ2v) is 7.45. The first-order chi connectivity index (χ1) is 11.7. The average molecular weight is 338 g/mol. The molecule has 0 radical (unpaired) electrons. The highest BCUT2D eigenvalue weighted by atomic mass is 16.5. The van der Waals surface area contributed by atoms with Gasteiger partial charge in [0.2, 0.25) is 0 Å². The minimum Gasteiger partial charge on any atom is -0.469 e. The lowest BCUT2D eigenvalue weighted by atomic mass is 9.54. The molecule has 0 unspecified atom stereocenters. The Morgan fingerprint density at radius 1 is 1.21 bits per heavy atom. The van der Waals surface area contributed by atoms with Crippen LogP contribution in [0.3, 0.4) is 0 Å². The lowest BCUT2D eigenvalue weighted by molar-refractivity contribution is -0.140. The third-order valence-electron chi connectivity index (χ3n) is 6.14. The summed E-state index contributed by atoms with van der Waals surface area (Å²) in [6.45, 7) is 1.49. The summed E-state index contributed by atoms with van der Waals surface area (Å²) in [5.41, 5.74) is 0.207. The number of carbonyl (C=O) groups excluding carboxylic acids is 2. The number of unbranched alkanes of at least 4 members (excludes halogenated alkanes) is 2. The van der Waals surface area contributed by atoms with Crippen LogP contribution in [0.5, 0.6) is 0 Å². The third-order valence-corrected chi connectivity index (χ3v) is 6.14. The van der Waals surface area contributed by atoms with E-state index in [0.717, 1.165) is 32.3 Å². The van der Waals surface area contributed by atoms with Gasteiger partial charge < -0.3 is 20.1 Å². The Labute approximate surface area is 144 Å². The summed E-state index contributed by atoms with van der Waals surface area (Å²) in [7, 11) is 1.41. The van der Waals surface area contributed by atoms with Gasteiger partial charge >= 0.3 is 12.0 Å². The van der Waals surface area contributed by atoms with Crippen LogP contribution < -0.4 is 10.6 Å². The molecule has 0 aromatic rings. The Morgan fingerprint density at radius 3 is 2.75 bits per heavy atom. The van der Waals surface area contributed by atoms with E-state index in [4.69, 9.17) is 4.74 Å². The van der Waals surface area contributed by atoms with Gasteiger partial charge in [0.25, 0.3) is 0 Å². The highest BCUT2D eigenvalue weighted by Gasteiger charge is 2.65. The summed E-state index contributed by atoms with van der Waals surface area (Å²) < 4.78 is 10.6. The van der Waals surface area contributed by atoms with Crippen molar-refractivity contribution in [2.45, 2.75) is 69.9 Å². The molecule has 24 heavy (non-hydrogen) atoms. The molecule has 1 aliphatic heterocycles. The van der Waals surface area contributed by atoms with Crippen LogP contribution in [0.15, 0.2) is 0 Å². The summed E-state index contributed by atoms with van der Waals surface area (Å²) >= 11 is 0. The number of nitrogens with one attached hydrogen (secondary N) is 2. The lowest BCUT2D eigenvalue weighted by Crippen LogP contribution is -2.69. The zero-order valence-electron chi connectivity index (χ0n) is 14.6. The van der Waals surface area contributed by atoms with E-state index < -0.39 is 0 Å². The van der Waals surface area contributed by atoms with Crippen LogP contribution in [-0.4, -0.2) is 44.4 Å². The van der Waals surface area contributed by atoms with Crippen molar-refractivity contribution in [2.75, 3.05) is 20.3 Å². The maximum absolute atomic E-state index is 12.2. The summed E-state index contributed by atoms with van der Waals surface area (Å²) in [4.78, 5) is 23.2. The van der Waals surface area contributed by atoms with E-state index in [-0.39, 0.29) is 23.5 Å². The van der Waals surface area contributed by atoms with Crippen molar-refractivity contribution in [1.82, 2.24) is 10.6 Å². The SMILES string of the molecule is COC(=O)CCCCCNC(=O)N[C@@H]1[C@@H]2CCO[C@H]2C12CCCC2. The van der Waals surface area contributed by atoms with E-state index in [1.807, 2.05) is 0 Å². The molecule has 3 rings (SSSR count). The second kappa shape index (κ2) is 7.72. The van der Waals surface area contributed by atoms with Crippen LogP contribution in [0.4, 0.5) is 4.79 Å². The van der Waals surface area contributed by atoms with Gasteiger partial charge in [-0.05, 0) is 32.1 Å². The molecule has 0 bridgehead atoms. The molecule has 136 valence electrons. The van der Waals surface area contributed by atoms with E-state index in [2.05, 4.69) is 15.4 Å². The number of fused-ring (bicyclic) bond motifs is 2. The predicted molar refractivity (Wildman–Crippen MR) is 89.6 cm³/mol. The monoisotopic (exact) mass is 338 g/mol. The predicted octanol–water partition coefficient (Wildman–Crippen LogP) is 2.37. The Hall–Kier alpha value is -1.30. The normalized spacial score (nSPS) is 29.8. The van der Waals surface area contributed by atoms with Gasteiger partial charge in [-0.15, -0.1) is 0 Å². The van der Waals surface area contributed by atoms with Crippen molar-refractivity contribution in [3.63, 3.8) is 0 Å². The smallest absolute Gasteiger partial charge is 0.315 e. The van der Waals surface area contributed by atoms with Crippen molar-refractivity contribution in [2.24, 2.45) is 11.3 Å². The van der Waals surface area contributed by atoms with Gasteiger partial charge in [0.05, 0.1) is 13.2 Å². The molecule has 3 atom stereocenters. The summed E-state index contributed by atoms with van der Waals surface area (Å²) in [6, 6.07) is 0.233. The first kappa shape index (κ1) is 17.5. The standard InChI is InChI=1S/C18H30N2O4/c1-23-14(21)7-3-2-6-11-19-17(22)20-15-13-8-12-24-16(13)18(15)9-4-5-10-18/h13,15-16H,2-12H2,1H3,(H2,19,20,22)/t13-,15+,16+/m0/s1. The third kappa shape index (κ3) is 3.39. The maximum atomic E-state index is 12.2. The van der Waals surface area contributed by atoms with Gasteiger partial charge in [-0.2, -0.15) is 0 Å². The van der Waals surface area contributed by atoms with Crippen molar-refractivity contribution in [3.8, 4) is 0 Å². The van der Waals surface area contributed by atoms with Crippen molar-refractivity contribution < 1.29 is 19.1 Å². The van der Waals surface area contributed by atoms with Crippen molar-refractivity contribution in [3.05, 3.63) is 0 Å². The van der Waals surface area contributed by atoms with Gasteiger partial charge in [0.15, 0.2) is 0 Å². The minimum absolute atomic E-state index is 0.0513. The number of hydrogen-bond donors (Lipinski definition) is 2. The Bertz CT molecular complexity index is 462. The first-order valence-corrected chi connectivity index (χ1v) is 9.40. The maximum Gasteiger partial charge on any atom is 0.315 e. The van der Waals surface area contributed by atoms with E-state index in [1.54, 1.807) is 0 Å². The van der Waals surface area contributed by atoms with Crippen LogP contribution in [0, 0.1) is 11.3 Å². The van der Waals surface area contributed by atoms with E-state index in [9.17, 15) is 9.59 Å². The Morgan fingerprint density at radius 2 is 2.00 bits per heavy atom. The van der Waals surface area contributed by atoms with Crippen LogP contribution in [0.25, 0.3) is 0 Å². The van der Waals surface area contributed by atoms with Crippen LogP contribution in [-0.2, 0) is 14.3 Å². The Balaban J connectivity index is 1.35. The van der Waals surface area contributed by atoms with Crippen molar-refractivity contribution >= 4 is 12.0 Å². The highest BCUT2D eigenvalue weighted by molar-refractivity contribution is 5.74. The molecule has 0 aromatic heterocycles. The van der Waals surface area contributed by atoms with E-state index in [0.29, 0.717) is 25.0 Å². The largest absolute Gasteiger partial charge is 0.469 e. The molecule has 2 saturated carbocycles. The number of ether oxygens (including phenoxy) is 2. The molecule has 0 aromatic carbocycles. The molecule has 2 aliphatic carbocycles. The fraction of sp³-hybridized carbons (Fsp3) is 0.889. The van der Waals surface area contributed by atoms with Gasteiger partial charge in [-0.1, -0.05) is 19.3 Å². The molecule has 1 saturated heterocycles. The fourth-order valence-electron chi connectivity index (χ4n) is 4.97. The van der Waals surface area contributed by atoms with E-state index in [1.165, 1.54) is 32.8 Å². The molecular formula is C18H30N2O4. The number of carbonyl (C=O) groups is 2. The minimum atomic E-state index is -0.166. The summed E-state index contributed by atoms with van der Waals surface area (Å²) in [6.07, 6.45) is 9.41. The number of hydrogen-bond acceptors (Lipinski definition) is 4. The second-order valence-electron chi connectivity index (χ2n) is 7.45. The van der Waals surface area contributed by atoms with Crippen LogP contribution >= 0.6 is 0 Å². The molecule has 6 nitrogen and oxygen atoms in total. The number of amides is 2. The molecule has 3 aliphatic rings. The van der Waals surface area contributed by atoms with E-state index >= 15 is 0 Å². The molecule has 1 heterocycles. The van der Waals surface area contributed by atoms with Gasteiger partial charge in [-0.25, -0.2) is 4.79 Å². The van der Waals surface area contributed by atoms with Gasteiger partial charge in [0.1, 0.15) is 0 Å². The molecule has 6 heteroatoms. The number of rotatable bonds is 7. The van der Waals surface area contributed by atoms with Gasteiger partial charge in [-0.3, -0.25) is 4.79 Å². The molecular weight excluding hydrogens is 308 g/mol. The molecule has 2 amide bonds.